The van der Waals surface area contributed by atoms with Gasteiger partial charge in [0.2, 0.25) is 0 Å². The molecule has 110 valence electrons. The molecule has 7 heteroatoms. The number of methoxy groups -OCH3 is 1. The average Bonchev–Trinajstić information content (AvgIpc) is 2.47. The predicted octanol–water partition coefficient (Wildman–Crippen LogP) is 1.29. The highest BCUT2D eigenvalue weighted by Gasteiger charge is 2.29. The fourth-order valence-corrected chi connectivity index (χ4v) is 3.51. The molecule has 1 aliphatic heterocycles. The molecular weight excluding hydrogens is 280 g/mol. The molecule has 0 N–H and O–H groups in total. The van der Waals surface area contributed by atoms with Crippen molar-refractivity contribution in [2.24, 2.45) is 5.92 Å². The number of carbonyl (C=O) groups is 1. The number of aromatic nitrogens is 1. The molecular formula is C13H18N2O4S. The number of carbonyl (C=O) groups excluding carboxylic acids is 1. The lowest BCUT2D eigenvalue weighted by atomic mass is 10.0. The topological polar surface area (TPSA) is 76.6 Å². The fraction of sp³-hybridized carbons (Fsp3) is 0.538. The zero-order valence-corrected chi connectivity index (χ0v) is 12.4. The molecule has 0 atom stereocenters. The van der Waals surface area contributed by atoms with E-state index in [-0.39, 0.29) is 10.6 Å². The Morgan fingerprint density at radius 3 is 2.50 bits per heavy atom. The van der Waals surface area contributed by atoms with Crippen LogP contribution < -0.4 is 0 Å². The van der Waals surface area contributed by atoms with Gasteiger partial charge in [-0.2, -0.15) is 4.31 Å². The van der Waals surface area contributed by atoms with Crippen LogP contribution >= 0.6 is 0 Å². The van der Waals surface area contributed by atoms with Gasteiger partial charge in [-0.25, -0.2) is 18.2 Å². The number of nitrogens with zero attached hydrogens (tertiary/aromatic N) is 2. The molecule has 2 heterocycles. The Hall–Kier alpha value is -1.47. The minimum absolute atomic E-state index is 0.0280. The second kappa shape index (κ2) is 5.88. The third-order valence-corrected chi connectivity index (χ3v) is 5.32. The lowest BCUT2D eigenvalue weighted by molar-refractivity contribution is 0.0600. The molecule has 0 unspecified atom stereocenters. The van der Waals surface area contributed by atoms with Crippen molar-refractivity contribution in [1.82, 2.24) is 9.29 Å². The summed E-state index contributed by atoms with van der Waals surface area (Å²) in [5.74, 6) is 0.0179. The molecule has 0 bridgehead atoms. The van der Waals surface area contributed by atoms with Crippen LogP contribution in [0.3, 0.4) is 0 Å². The lowest BCUT2D eigenvalue weighted by Crippen LogP contribution is -2.38. The van der Waals surface area contributed by atoms with Crippen LogP contribution in [0.25, 0.3) is 0 Å². The molecule has 0 amide bonds. The van der Waals surface area contributed by atoms with E-state index >= 15 is 0 Å². The third-order valence-electron chi connectivity index (χ3n) is 3.50. The molecule has 2 rings (SSSR count). The number of piperidine rings is 1. The van der Waals surface area contributed by atoms with E-state index in [1.165, 1.54) is 29.7 Å². The van der Waals surface area contributed by atoms with Gasteiger partial charge in [0, 0.05) is 19.3 Å². The molecule has 1 aromatic heterocycles. The van der Waals surface area contributed by atoms with Crippen LogP contribution in [0.1, 0.15) is 30.1 Å². The Labute approximate surface area is 118 Å². The smallest absolute Gasteiger partial charge is 0.339 e. The van der Waals surface area contributed by atoms with Gasteiger partial charge >= 0.3 is 5.97 Å². The standard InChI is InChI=1S/C13H18N2O4S/c1-10-5-7-15(8-6-10)20(17,18)12-4-3-11(9-14-12)13(16)19-2/h3-4,9-10H,5-8H2,1-2H3. The molecule has 1 aromatic rings. The van der Waals surface area contributed by atoms with Crippen LogP contribution in [0, 0.1) is 5.92 Å². The molecule has 1 fully saturated rings. The van der Waals surface area contributed by atoms with Gasteiger partial charge < -0.3 is 4.74 Å². The van der Waals surface area contributed by atoms with Gasteiger partial charge in [-0.3, -0.25) is 0 Å². The zero-order valence-electron chi connectivity index (χ0n) is 11.6. The maximum absolute atomic E-state index is 12.4. The Morgan fingerprint density at radius 2 is 2.00 bits per heavy atom. The molecule has 0 aromatic carbocycles. The predicted molar refractivity (Wildman–Crippen MR) is 72.7 cm³/mol. The van der Waals surface area contributed by atoms with E-state index < -0.39 is 16.0 Å². The Bertz CT molecular complexity index is 575. The SMILES string of the molecule is COC(=O)c1ccc(S(=O)(=O)N2CCC(C)CC2)nc1. The second-order valence-corrected chi connectivity index (χ2v) is 6.85. The molecule has 0 aliphatic carbocycles. The number of sulfonamides is 1. The molecule has 20 heavy (non-hydrogen) atoms. The van der Waals surface area contributed by atoms with Gasteiger partial charge in [0.05, 0.1) is 12.7 Å². The van der Waals surface area contributed by atoms with Crippen LogP contribution in [0.2, 0.25) is 0 Å². The van der Waals surface area contributed by atoms with Crippen LogP contribution in [-0.2, 0) is 14.8 Å². The molecule has 6 nitrogen and oxygen atoms in total. The van der Waals surface area contributed by atoms with Crippen molar-refractivity contribution >= 4 is 16.0 Å². The number of pyridine rings is 1. The Balaban J connectivity index is 2.19. The number of esters is 1. The molecule has 0 saturated carbocycles. The summed E-state index contributed by atoms with van der Waals surface area (Å²) >= 11 is 0. The summed E-state index contributed by atoms with van der Waals surface area (Å²) in [7, 11) is -2.30. The van der Waals surface area contributed by atoms with Gasteiger partial charge in [0.25, 0.3) is 10.0 Å². The number of hydrogen-bond acceptors (Lipinski definition) is 5. The lowest BCUT2D eigenvalue weighted by Gasteiger charge is -2.28. The summed E-state index contributed by atoms with van der Waals surface area (Å²) in [6.07, 6.45) is 2.95. The highest BCUT2D eigenvalue weighted by atomic mass is 32.2. The molecule has 1 aliphatic rings. The van der Waals surface area contributed by atoms with E-state index in [0.717, 1.165) is 12.8 Å². The summed E-state index contributed by atoms with van der Waals surface area (Å²) in [4.78, 5) is 15.2. The summed E-state index contributed by atoms with van der Waals surface area (Å²) < 4.78 is 30.8. The van der Waals surface area contributed by atoms with Gasteiger partial charge in [0.15, 0.2) is 5.03 Å². The van der Waals surface area contributed by atoms with E-state index in [1.807, 2.05) is 0 Å². The van der Waals surface area contributed by atoms with Gasteiger partial charge in [-0.1, -0.05) is 6.92 Å². The molecule has 1 saturated heterocycles. The van der Waals surface area contributed by atoms with Crippen molar-refractivity contribution < 1.29 is 17.9 Å². The maximum Gasteiger partial charge on any atom is 0.339 e. The minimum atomic E-state index is -3.56. The Morgan fingerprint density at radius 1 is 1.35 bits per heavy atom. The average molecular weight is 298 g/mol. The molecule has 0 spiro atoms. The monoisotopic (exact) mass is 298 g/mol. The molecule has 0 radical (unpaired) electrons. The number of hydrogen-bond donors (Lipinski definition) is 0. The first-order valence-corrected chi connectivity index (χ1v) is 7.93. The second-order valence-electron chi connectivity index (χ2n) is 4.96. The zero-order chi connectivity index (χ0) is 14.8. The van der Waals surface area contributed by atoms with E-state index in [2.05, 4.69) is 16.6 Å². The van der Waals surface area contributed by atoms with Crippen molar-refractivity contribution in [3.8, 4) is 0 Å². The van der Waals surface area contributed by atoms with Gasteiger partial charge in [0.1, 0.15) is 0 Å². The van der Waals surface area contributed by atoms with E-state index in [9.17, 15) is 13.2 Å². The van der Waals surface area contributed by atoms with Crippen LogP contribution in [0.15, 0.2) is 23.4 Å². The van der Waals surface area contributed by atoms with Crippen molar-refractivity contribution in [3.63, 3.8) is 0 Å². The highest BCUT2D eigenvalue weighted by molar-refractivity contribution is 7.89. The largest absolute Gasteiger partial charge is 0.465 e. The van der Waals surface area contributed by atoms with Crippen molar-refractivity contribution in [2.75, 3.05) is 20.2 Å². The number of rotatable bonds is 3. The van der Waals surface area contributed by atoms with Crippen molar-refractivity contribution in [2.45, 2.75) is 24.8 Å². The maximum atomic E-state index is 12.4. The quantitative estimate of drug-likeness (QED) is 0.786. The van der Waals surface area contributed by atoms with Crippen molar-refractivity contribution in [3.05, 3.63) is 23.9 Å². The van der Waals surface area contributed by atoms with Crippen LogP contribution in [0.5, 0.6) is 0 Å². The fourth-order valence-electron chi connectivity index (χ4n) is 2.13. The van der Waals surface area contributed by atoms with Crippen LogP contribution in [-0.4, -0.2) is 43.9 Å². The highest BCUT2D eigenvalue weighted by Crippen LogP contribution is 2.22. The van der Waals surface area contributed by atoms with Gasteiger partial charge in [-0.15, -0.1) is 0 Å². The van der Waals surface area contributed by atoms with Crippen molar-refractivity contribution in [1.29, 1.82) is 0 Å². The first-order valence-electron chi connectivity index (χ1n) is 6.49. The summed E-state index contributed by atoms with van der Waals surface area (Å²) in [5, 5.41) is -0.0280. The van der Waals surface area contributed by atoms with Crippen LogP contribution in [0.4, 0.5) is 0 Å². The van der Waals surface area contributed by atoms with E-state index in [1.54, 1.807) is 0 Å². The first-order chi connectivity index (χ1) is 9.45. The first kappa shape index (κ1) is 14.9. The number of ether oxygens (including phenoxy) is 1. The minimum Gasteiger partial charge on any atom is -0.465 e. The summed E-state index contributed by atoms with van der Waals surface area (Å²) in [6.45, 7) is 3.15. The summed E-state index contributed by atoms with van der Waals surface area (Å²) in [5.41, 5.74) is 0.235. The third kappa shape index (κ3) is 2.99. The Kier molecular flexibility index (Phi) is 4.39. The van der Waals surface area contributed by atoms with E-state index in [4.69, 9.17) is 0 Å². The van der Waals surface area contributed by atoms with Gasteiger partial charge in [-0.05, 0) is 30.9 Å². The summed E-state index contributed by atoms with van der Waals surface area (Å²) in [6, 6.07) is 2.76. The van der Waals surface area contributed by atoms with E-state index in [0.29, 0.717) is 19.0 Å². The normalized spacial score (nSPS) is 17.9.